The Hall–Kier alpha value is -3.50. The molecule has 0 radical (unpaired) electrons. The third-order valence-electron chi connectivity index (χ3n) is 6.16. The van der Waals surface area contributed by atoms with Crippen LogP contribution in [0.5, 0.6) is 0 Å². The maximum atomic E-state index is 2.55. The molecule has 0 aliphatic carbocycles. The molecular formula is C32H25NP2. The Morgan fingerprint density at radius 1 is 0.400 bits per heavy atom. The van der Waals surface area contributed by atoms with Crippen LogP contribution in [0.4, 0.5) is 0 Å². The minimum atomic E-state index is -0.760. The van der Waals surface area contributed by atoms with Gasteiger partial charge in [-0.25, -0.2) is 0 Å². The molecule has 0 aliphatic heterocycles. The van der Waals surface area contributed by atoms with Gasteiger partial charge in [-0.1, -0.05) is 140 Å². The molecule has 5 aromatic carbocycles. The maximum absolute atomic E-state index is 2.55. The molecule has 0 N–H and O–H groups in total. The first kappa shape index (κ1) is 22.0. The molecule has 3 heteroatoms. The molecule has 0 unspecified atom stereocenters. The molecule has 0 aliphatic rings. The summed E-state index contributed by atoms with van der Waals surface area (Å²) in [5.74, 6) is 0. The zero-order valence-electron chi connectivity index (χ0n) is 19.3. The van der Waals surface area contributed by atoms with Crippen LogP contribution in [-0.4, -0.2) is 4.34 Å². The number of hydrogen-bond acceptors (Lipinski definition) is 0. The number of fused-ring (bicyclic) bond motifs is 1. The first-order valence-electron chi connectivity index (χ1n) is 11.8. The lowest BCUT2D eigenvalue weighted by atomic mass is 10.2. The lowest BCUT2D eigenvalue weighted by Gasteiger charge is -2.25. The van der Waals surface area contributed by atoms with Crippen molar-refractivity contribution >= 4 is 53.4 Å². The molecule has 168 valence electrons. The van der Waals surface area contributed by atoms with Gasteiger partial charge in [0.1, 0.15) is 0 Å². The molecule has 1 heterocycles. The van der Waals surface area contributed by atoms with Crippen molar-refractivity contribution in [2.75, 3.05) is 0 Å². The zero-order chi connectivity index (χ0) is 23.5. The van der Waals surface area contributed by atoms with Gasteiger partial charge in [0.2, 0.25) is 0 Å². The van der Waals surface area contributed by atoms with Gasteiger partial charge in [0.05, 0.1) is 13.6 Å². The minimum Gasteiger partial charge on any atom is -0.317 e. The van der Waals surface area contributed by atoms with Crippen molar-refractivity contribution in [1.82, 2.24) is 4.34 Å². The highest BCUT2D eigenvalue weighted by molar-refractivity contribution is 7.80. The monoisotopic (exact) mass is 485 g/mol. The molecule has 0 atom stereocenters. The quantitative estimate of drug-likeness (QED) is 0.244. The molecule has 0 saturated carbocycles. The van der Waals surface area contributed by atoms with Gasteiger partial charge < -0.3 is 4.34 Å². The number of benzene rings is 5. The van der Waals surface area contributed by atoms with Crippen LogP contribution >= 0.6 is 16.0 Å². The highest BCUT2D eigenvalue weighted by Crippen LogP contribution is 2.42. The second-order valence-electron chi connectivity index (χ2n) is 8.36. The van der Waals surface area contributed by atoms with Crippen molar-refractivity contribution in [2.24, 2.45) is 0 Å². The highest BCUT2D eigenvalue weighted by Gasteiger charge is 2.24. The predicted molar refractivity (Wildman–Crippen MR) is 155 cm³/mol. The van der Waals surface area contributed by atoms with E-state index in [4.69, 9.17) is 0 Å². The van der Waals surface area contributed by atoms with E-state index in [1.54, 1.807) is 0 Å². The second kappa shape index (κ2) is 10.0. The van der Waals surface area contributed by atoms with Gasteiger partial charge in [0, 0.05) is 27.5 Å². The van der Waals surface area contributed by atoms with Crippen LogP contribution in [0.2, 0.25) is 0 Å². The van der Waals surface area contributed by atoms with Crippen LogP contribution in [0, 0.1) is 0 Å². The Morgan fingerprint density at radius 2 is 0.857 bits per heavy atom. The van der Waals surface area contributed by atoms with Crippen LogP contribution in [0.25, 0.3) is 10.9 Å². The average molecular weight is 486 g/mol. The Morgan fingerprint density at radius 3 is 1.34 bits per heavy atom. The summed E-state index contributed by atoms with van der Waals surface area (Å²) in [5.41, 5.74) is 1.34. The molecule has 6 aromatic rings. The van der Waals surface area contributed by atoms with E-state index in [9.17, 15) is 0 Å². The largest absolute Gasteiger partial charge is 0.317 e. The molecule has 0 spiro atoms. The Kier molecular flexibility index (Phi) is 6.29. The lowest BCUT2D eigenvalue weighted by molar-refractivity contribution is 1.33. The number of nitrogens with zero attached hydrogens (tertiary/aromatic N) is 1. The third kappa shape index (κ3) is 4.35. The van der Waals surface area contributed by atoms with Gasteiger partial charge in [-0.2, -0.15) is 0 Å². The predicted octanol–water partition coefficient (Wildman–Crippen LogP) is 6.30. The van der Waals surface area contributed by atoms with Crippen molar-refractivity contribution in [3.8, 4) is 0 Å². The SMILES string of the molecule is c1ccc(P(c2ccccc2)c2cccc3ccn(P(c4ccccc4)c4ccccc4)c23)cc1. The summed E-state index contributed by atoms with van der Waals surface area (Å²) in [6.07, 6.45) is 2.30. The summed E-state index contributed by atoms with van der Waals surface area (Å²) in [6, 6.07) is 53.0. The van der Waals surface area contributed by atoms with Crippen LogP contribution in [0.1, 0.15) is 0 Å². The standard InChI is InChI=1S/C32H25NP2/c1-5-15-27(16-6-1)34(28-17-7-2-8-18-28)31-23-13-14-26-24-25-33(32(26)31)35(29-19-9-3-10-20-29)30-21-11-4-12-22-30/h1-25H. The Labute approximate surface area is 209 Å². The van der Waals surface area contributed by atoms with Gasteiger partial charge in [-0.05, 0) is 24.6 Å². The molecule has 1 aromatic heterocycles. The smallest absolute Gasteiger partial charge is 0.0604 e. The number of aromatic nitrogens is 1. The lowest BCUT2D eigenvalue weighted by Crippen LogP contribution is -2.23. The summed E-state index contributed by atoms with van der Waals surface area (Å²) in [7, 11) is -1.47. The van der Waals surface area contributed by atoms with Gasteiger partial charge in [-0.3, -0.25) is 0 Å². The molecule has 0 saturated heterocycles. The van der Waals surface area contributed by atoms with Gasteiger partial charge in [-0.15, -0.1) is 0 Å². The average Bonchev–Trinajstić information content (AvgIpc) is 3.36. The molecule has 35 heavy (non-hydrogen) atoms. The fraction of sp³-hybridized carbons (Fsp3) is 0. The van der Waals surface area contributed by atoms with Crippen LogP contribution in [0.3, 0.4) is 0 Å². The van der Waals surface area contributed by atoms with E-state index in [0.717, 1.165) is 0 Å². The summed E-state index contributed by atoms with van der Waals surface area (Å²) in [4.78, 5) is 0. The Balaban J connectivity index is 1.63. The molecule has 0 fully saturated rings. The van der Waals surface area contributed by atoms with Crippen LogP contribution in [0.15, 0.2) is 152 Å². The maximum Gasteiger partial charge on any atom is 0.0604 e. The van der Waals surface area contributed by atoms with Crippen LogP contribution < -0.4 is 26.5 Å². The normalized spacial score (nSPS) is 11.4. The fourth-order valence-electron chi connectivity index (χ4n) is 4.62. The van der Waals surface area contributed by atoms with E-state index in [2.05, 4.69) is 156 Å². The van der Waals surface area contributed by atoms with Crippen molar-refractivity contribution < 1.29 is 0 Å². The van der Waals surface area contributed by atoms with E-state index < -0.39 is 16.0 Å². The van der Waals surface area contributed by atoms with Crippen LogP contribution in [-0.2, 0) is 0 Å². The first-order valence-corrected chi connectivity index (χ1v) is 14.4. The number of rotatable bonds is 6. The van der Waals surface area contributed by atoms with E-state index in [1.165, 1.54) is 37.4 Å². The summed E-state index contributed by atoms with van der Waals surface area (Å²) in [5, 5.41) is 8.14. The highest BCUT2D eigenvalue weighted by atomic mass is 31.1. The Bertz CT molecular complexity index is 1450. The molecule has 1 nitrogen and oxygen atoms in total. The van der Waals surface area contributed by atoms with E-state index in [-0.39, 0.29) is 0 Å². The molecule has 6 rings (SSSR count). The zero-order valence-corrected chi connectivity index (χ0v) is 21.1. The van der Waals surface area contributed by atoms with E-state index in [0.29, 0.717) is 0 Å². The van der Waals surface area contributed by atoms with Crippen molar-refractivity contribution in [3.05, 3.63) is 152 Å². The van der Waals surface area contributed by atoms with Gasteiger partial charge in [0.15, 0.2) is 0 Å². The molecular weight excluding hydrogens is 460 g/mol. The van der Waals surface area contributed by atoms with Crippen molar-refractivity contribution in [2.45, 2.75) is 0 Å². The third-order valence-corrected chi connectivity index (χ3v) is 11.0. The van der Waals surface area contributed by atoms with Gasteiger partial charge in [0.25, 0.3) is 0 Å². The fourth-order valence-corrected chi connectivity index (χ4v) is 9.51. The van der Waals surface area contributed by atoms with Crippen molar-refractivity contribution in [1.29, 1.82) is 0 Å². The summed E-state index contributed by atoms with van der Waals surface area (Å²) >= 11 is 0. The molecule has 0 bridgehead atoms. The number of hydrogen-bond donors (Lipinski definition) is 0. The number of para-hydroxylation sites is 1. The molecule has 0 amide bonds. The first-order chi connectivity index (χ1) is 17.4. The topological polar surface area (TPSA) is 4.93 Å². The minimum absolute atomic E-state index is 0.709. The van der Waals surface area contributed by atoms with E-state index in [1.807, 2.05) is 0 Å². The van der Waals surface area contributed by atoms with E-state index >= 15 is 0 Å². The van der Waals surface area contributed by atoms with Crippen molar-refractivity contribution in [3.63, 3.8) is 0 Å². The summed E-state index contributed by atoms with van der Waals surface area (Å²) < 4.78 is 2.55. The summed E-state index contributed by atoms with van der Waals surface area (Å²) in [6.45, 7) is 0. The second-order valence-corrected chi connectivity index (χ2v) is 12.6. The van der Waals surface area contributed by atoms with Gasteiger partial charge >= 0.3 is 0 Å².